The van der Waals surface area contributed by atoms with Crippen LogP contribution in [0.25, 0.3) is 0 Å². The molecule has 118 valence electrons. The maximum Gasteiger partial charge on any atom is 0.289 e. The van der Waals surface area contributed by atoms with Gasteiger partial charge in [-0.1, -0.05) is 12.1 Å². The highest BCUT2D eigenvalue weighted by atomic mass is 19.3. The van der Waals surface area contributed by atoms with Crippen molar-refractivity contribution in [3.8, 4) is 5.75 Å². The van der Waals surface area contributed by atoms with Crippen molar-refractivity contribution in [1.82, 2.24) is 10.2 Å². The third-order valence-electron chi connectivity index (χ3n) is 3.61. The van der Waals surface area contributed by atoms with E-state index in [1.165, 1.54) is 0 Å². The molecule has 1 aliphatic rings. The smallest absolute Gasteiger partial charge is 0.289 e. The minimum absolute atomic E-state index is 0.474. The highest BCUT2D eigenvalue weighted by molar-refractivity contribution is 5.32. The Morgan fingerprint density at radius 2 is 2.10 bits per heavy atom. The molecule has 0 aromatic heterocycles. The lowest BCUT2D eigenvalue weighted by Gasteiger charge is -2.38. The van der Waals surface area contributed by atoms with Gasteiger partial charge in [0.15, 0.2) is 0 Å². The van der Waals surface area contributed by atoms with Crippen LogP contribution in [0.4, 0.5) is 8.78 Å². The standard InChI is InChI=1S/C15H22F2N2O2/c1-2-21-13-5-3-4-12(10-13)14(15(16,17)11-20)19-8-6-18-7-9-19/h3-5,10,14,18,20H,2,6-9,11H2,1H3/t14-/m0/s1. The molecular formula is C15H22F2N2O2. The van der Waals surface area contributed by atoms with E-state index in [1.807, 2.05) is 6.92 Å². The molecule has 1 aliphatic heterocycles. The number of alkyl halides is 2. The maximum absolute atomic E-state index is 14.3. The quantitative estimate of drug-likeness (QED) is 0.839. The van der Waals surface area contributed by atoms with Crippen molar-refractivity contribution in [2.75, 3.05) is 39.4 Å². The summed E-state index contributed by atoms with van der Waals surface area (Å²) >= 11 is 0. The number of hydrogen-bond donors (Lipinski definition) is 2. The first-order chi connectivity index (χ1) is 10.1. The van der Waals surface area contributed by atoms with E-state index in [0.29, 0.717) is 44.1 Å². The van der Waals surface area contributed by atoms with Crippen molar-refractivity contribution in [2.45, 2.75) is 18.9 Å². The second-order valence-corrected chi connectivity index (χ2v) is 5.11. The molecule has 1 saturated heterocycles. The molecule has 0 spiro atoms. The number of aliphatic hydroxyl groups excluding tert-OH is 1. The van der Waals surface area contributed by atoms with Crippen LogP contribution in [0.15, 0.2) is 24.3 Å². The van der Waals surface area contributed by atoms with Gasteiger partial charge in [-0.15, -0.1) is 0 Å². The van der Waals surface area contributed by atoms with Gasteiger partial charge in [-0.05, 0) is 24.6 Å². The van der Waals surface area contributed by atoms with Crippen LogP contribution in [0.5, 0.6) is 5.75 Å². The van der Waals surface area contributed by atoms with Crippen molar-refractivity contribution in [3.05, 3.63) is 29.8 Å². The number of piperazine rings is 1. The van der Waals surface area contributed by atoms with Crippen molar-refractivity contribution < 1.29 is 18.6 Å². The van der Waals surface area contributed by atoms with Gasteiger partial charge in [0, 0.05) is 26.2 Å². The van der Waals surface area contributed by atoms with Gasteiger partial charge in [0.2, 0.25) is 0 Å². The van der Waals surface area contributed by atoms with Crippen LogP contribution in [-0.4, -0.2) is 55.3 Å². The Kier molecular flexibility index (Phi) is 5.50. The average Bonchev–Trinajstić information content (AvgIpc) is 2.49. The van der Waals surface area contributed by atoms with Crippen LogP contribution in [0, 0.1) is 0 Å². The van der Waals surface area contributed by atoms with Gasteiger partial charge in [-0.2, -0.15) is 0 Å². The first kappa shape index (κ1) is 16.1. The fourth-order valence-electron chi connectivity index (χ4n) is 2.69. The molecule has 1 fully saturated rings. The van der Waals surface area contributed by atoms with Crippen LogP contribution in [0.2, 0.25) is 0 Å². The maximum atomic E-state index is 14.3. The number of ether oxygens (including phenoxy) is 1. The number of rotatable bonds is 6. The van der Waals surface area contributed by atoms with Gasteiger partial charge in [-0.25, -0.2) is 8.78 Å². The highest BCUT2D eigenvalue weighted by Gasteiger charge is 2.44. The molecular weight excluding hydrogens is 278 g/mol. The molecule has 2 N–H and O–H groups in total. The second-order valence-electron chi connectivity index (χ2n) is 5.11. The van der Waals surface area contributed by atoms with Crippen LogP contribution in [-0.2, 0) is 0 Å². The second kappa shape index (κ2) is 7.15. The number of halogens is 2. The van der Waals surface area contributed by atoms with Gasteiger partial charge >= 0.3 is 0 Å². The lowest BCUT2D eigenvalue weighted by Crippen LogP contribution is -2.51. The van der Waals surface area contributed by atoms with E-state index in [9.17, 15) is 8.78 Å². The Hall–Kier alpha value is -1.24. The van der Waals surface area contributed by atoms with Gasteiger partial charge < -0.3 is 15.2 Å². The third kappa shape index (κ3) is 3.90. The van der Waals surface area contributed by atoms with E-state index in [2.05, 4.69) is 5.32 Å². The summed E-state index contributed by atoms with van der Waals surface area (Å²) in [5.41, 5.74) is 0.474. The summed E-state index contributed by atoms with van der Waals surface area (Å²) in [4.78, 5) is 1.72. The highest BCUT2D eigenvalue weighted by Crippen LogP contribution is 2.37. The normalized spacial score (nSPS) is 18.5. The fraction of sp³-hybridized carbons (Fsp3) is 0.600. The summed E-state index contributed by atoms with van der Waals surface area (Å²) in [7, 11) is 0. The lowest BCUT2D eigenvalue weighted by molar-refractivity contribution is -0.118. The zero-order valence-electron chi connectivity index (χ0n) is 12.2. The lowest BCUT2D eigenvalue weighted by atomic mass is 9.98. The Morgan fingerprint density at radius 1 is 1.38 bits per heavy atom. The zero-order valence-corrected chi connectivity index (χ0v) is 12.2. The summed E-state index contributed by atoms with van der Waals surface area (Å²) in [5, 5.41) is 12.3. The van der Waals surface area contributed by atoms with E-state index < -0.39 is 18.6 Å². The molecule has 0 unspecified atom stereocenters. The Bertz CT molecular complexity index is 451. The Labute approximate surface area is 123 Å². The minimum atomic E-state index is -3.19. The molecule has 1 aromatic rings. The topological polar surface area (TPSA) is 44.7 Å². The molecule has 0 bridgehead atoms. The number of hydrogen-bond acceptors (Lipinski definition) is 4. The van der Waals surface area contributed by atoms with Crippen molar-refractivity contribution in [2.24, 2.45) is 0 Å². The van der Waals surface area contributed by atoms with Crippen molar-refractivity contribution >= 4 is 0 Å². The fourth-order valence-corrected chi connectivity index (χ4v) is 2.69. The predicted molar refractivity (Wildman–Crippen MR) is 76.8 cm³/mol. The summed E-state index contributed by atoms with van der Waals surface area (Å²) in [6, 6.07) is 5.63. The monoisotopic (exact) mass is 300 g/mol. The summed E-state index contributed by atoms with van der Waals surface area (Å²) in [5.74, 6) is -2.62. The zero-order chi connectivity index (χ0) is 15.3. The van der Waals surface area contributed by atoms with Crippen LogP contribution < -0.4 is 10.1 Å². The van der Waals surface area contributed by atoms with Crippen LogP contribution in [0.1, 0.15) is 18.5 Å². The van der Waals surface area contributed by atoms with Crippen LogP contribution >= 0.6 is 0 Å². The van der Waals surface area contributed by atoms with Crippen molar-refractivity contribution in [3.63, 3.8) is 0 Å². The SMILES string of the molecule is CCOc1cccc([C@H](N2CCNCC2)C(F)(F)CO)c1. The number of aliphatic hydroxyl groups is 1. The largest absolute Gasteiger partial charge is 0.494 e. The molecule has 21 heavy (non-hydrogen) atoms. The molecule has 1 heterocycles. The summed E-state index contributed by atoms with van der Waals surface area (Å²) in [6.07, 6.45) is 0. The van der Waals surface area contributed by atoms with Gasteiger partial charge in [0.25, 0.3) is 5.92 Å². The number of nitrogens with one attached hydrogen (secondary N) is 1. The minimum Gasteiger partial charge on any atom is -0.494 e. The molecule has 0 saturated carbocycles. The van der Waals surface area contributed by atoms with Crippen molar-refractivity contribution in [1.29, 1.82) is 0 Å². The third-order valence-corrected chi connectivity index (χ3v) is 3.61. The Morgan fingerprint density at radius 3 is 2.71 bits per heavy atom. The van der Waals surface area contributed by atoms with Crippen LogP contribution in [0.3, 0.4) is 0 Å². The van der Waals surface area contributed by atoms with E-state index in [4.69, 9.17) is 9.84 Å². The molecule has 1 atom stereocenters. The van der Waals surface area contributed by atoms with Gasteiger partial charge in [0.05, 0.1) is 6.61 Å². The van der Waals surface area contributed by atoms with Gasteiger partial charge in [0.1, 0.15) is 18.4 Å². The average molecular weight is 300 g/mol. The van der Waals surface area contributed by atoms with E-state index >= 15 is 0 Å². The molecule has 0 amide bonds. The number of nitrogens with zero attached hydrogens (tertiary/aromatic N) is 1. The Balaban J connectivity index is 2.31. The summed E-state index contributed by atoms with van der Waals surface area (Å²) in [6.45, 7) is 3.56. The molecule has 6 heteroatoms. The summed E-state index contributed by atoms with van der Waals surface area (Å²) < 4.78 is 33.9. The van der Waals surface area contributed by atoms with E-state index in [0.717, 1.165) is 0 Å². The first-order valence-electron chi connectivity index (χ1n) is 7.24. The molecule has 0 radical (unpaired) electrons. The first-order valence-corrected chi connectivity index (χ1v) is 7.24. The van der Waals surface area contributed by atoms with E-state index in [1.54, 1.807) is 29.2 Å². The van der Waals surface area contributed by atoms with Gasteiger partial charge in [-0.3, -0.25) is 4.90 Å². The predicted octanol–water partition coefficient (Wildman–Crippen LogP) is 1.66. The molecule has 2 rings (SSSR count). The molecule has 1 aromatic carbocycles. The molecule has 4 nitrogen and oxygen atoms in total. The molecule has 0 aliphatic carbocycles. The van der Waals surface area contributed by atoms with E-state index in [-0.39, 0.29) is 0 Å². The number of benzene rings is 1.